The molecule has 4 rings (SSSR count). The molecule has 1 atom stereocenters. The predicted octanol–water partition coefficient (Wildman–Crippen LogP) is 3.95. The van der Waals surface area contributed by atoms with E-state index in [1.807, 2.05) is 42.3 Å². The number of nitrogens with zero attached hydrogens (tertiary/aromatic N) is 2. The standard InChI is InChI=1S/C23H27N3O5/c1-25(14-16-8-4-2-5-9-16)22(23(27)24-17-10-6-3-7-11-17)18-12-20-21(31-15-30-20)13-19(18)26(28)29/h2,4-5,8-9,12-13,17,22H,3,6-7,10-11,14-15H2,1H3,(H,24,27)/t22-/m0/s1. The van der Waals surface area contributed by atoms with Crippen LogP contribution in [0.1, 0.15) is 49.3 Å². The fourth-order valence-corrected chi connectivity index (χ4v) is 4.39. The average Bonchev–Trinajstić information content (AvgIpc) is 3.22. The van der Waals surface area contributed by atoms with E-state index < -0.39 is 11.0 Å². The number of hydrogen-bond acceptors (Lipinski definition) is 6. The molecule has 1 fully saturated rings. The minimum Gasteiger partial charge on any atom is -0.454 e. The van der Waals surface area contributed by atoms with Crippen LogP contribution in [0.3, 0.4) is 0 Å². The maximum atomic E-state index is 13.5. The summed E-state index contributed by atoms with van der Waals surface area (Å²) in [4.78, 5) is 26.7. The van der Waals surface area contributed by atoms with Gasteiger partial charge in [-0.15, -0.1) is 0 Å². The minimum atomic E-state index is -0.836. The zero-order chi connectivity index (χ0) is 21.8. The van der Waals surface area contributed by atoms with Gasteiger partial charge in [0.05, 0.1) is 16.6 Å². The lowest BCUT2D eigenvalue weighted by Gasteiger charge is -2.30. The number of rotatable bonds is 7. The molecular formula is C23H27N3O5. The largest absolute Gasteiger partial charge is 0.454 e. The van der Waals surface area contributed by atoms with E-state index in [2.05, 4.69) is 5.32 Å². The van der Waals surface area contributed by atoms with Crippen LogP contribution >= 0.6 is 0 Å². The number of carbonyl (C=O) groups is 1. The van der Waals surface area contributed by atoms with Crippen LogP contribution in [0.4, 0.5) is 5.69 Å². The Morgan fingerprint density at radius 3 is 2.52 bits per heavy atom. The zero-order valence-corrected chi connectivity index (χ0v) is 17.6. The highest BCUT2D eigenvalue weighted by atomic mass is 16.7. The van der Waals surface area contributed by atoms with Gasteiger partial charge in [0.15, 0.2) is 11.5 Å². The number of amides is 1. The Labute approximate surface area is 181 Å². The lowest BCUT2D eigenvalue weighted by Crippen LogP contribution is -2.44. The van der Waals surface area contributed by atoms with E-state index in [1.54, 1.807) is 6.07 Å². The number of ether oxygens (including phenoxy) is 2. The van der Waals surface area contributed by atoms with Crippen molar-refractivity contribution in [3.05, 3.63) is 63.7 Å². The maximum Gasteiger partial charge on any atom is 0.278 e. The molecule has 2 aromatic carbocycles. The first-order valence-corrected chi connectivity index (χ1v) is 10.7. The molecule has 1 saturated carbocycles. The van der Waals surface area contributed by atoms with Crippen molar-refractivity contribution < 1.29 is 19.2 Å². The van der Waals surface area contributed by atoms with E-state index in [0.29, 0.717) is 23.6 Å². The minimum absolute atomic E-state index is 0.00866. The summed E-state index contributed by atoms with van der Waals surface area (Å²) in [5.74, 6) is 0.518. The van der Waals surface area contributed by atoms with E-state index >= 15 is 0 Å². The van der Waals surface area contributed by atoms with Crippen LogP contribution in [0.15, 0.2) is 42.5 Å². The van der Waals surface area contributed by atoms with Gasteiger partial charge in [0.1, 0.15) is 6.04 Å². The first-order chi connectivity index (χ1) is 15.0. The van der Waals surface area contributed by atoms with Crippen LogP contribution in [0.25, 0.3) is 0 Å². The lowest BCUT2D eigenvalue weighted by molar-refractivity contribution is -0.385. The summed E-state index contributed by atoms with van der Waals surface area (Å²) in [6, 6.07) is 11.9. The van der Waals surface area contributed by atoms with Crippen molar-refractivity contribution in [1.29, 1.82) is 0 Å². The summed E-state index contributed by atoms with van der Waals surface area (Å²) in [5.41, 5.74) is 1.18. The van der Waals surface area contributed by atoms with E-state index in [-0.39, 0.29) is 24.4 Å². The Bertz CT molecular complexity index is 944. The number of carbonyl (C=O) groups excluding carboxylic acids is 1. The van der Waals surface area contributed by atoms with Gasteiger partial charge in [-0.25, -0.2) is 0 Å². The number of benzene rings is 2. The fraction of sp³-hybridized carbons (Fsp3) is 0.435. The lowest BCUT2D eigenvalue weighted by atomic mass is 9.94. The van der Waals surface area contributed by atoms with Gasteiger partial charge in [0.2, 0.25) is 12.7 Å². The summed E-state index contributed by atoms with van der Waals surface area (Å²) < 4.78 is 10.8. The summed E-state index contributed by atoms with van der Waals surface area (Å²) in [6.45, 7) is 0.476. The van der Waals surface area contributed by atoms with Crippen LogP contribution in [-0.2, 0) is 11.3 Å². The van der Waals surface area contributed by atoms with Gasteiger partial charge in [0, 0.05) is 12.6 Å². The second-order valence-corrected chi connectivity index (χ2v) is 8.17. The van der Waals surface area contributed by atoms with Crippen LogP contribution in [-0.4, -0.2) is 35.6 Å². The van der Waals surface area contributed by atoms with Gasteiger partial charge in [-0.3, -0.25) is 19.8 Å². The second kappa shape index (κ2) is 9.34. The van der Waals surface area contributed by atoms with Crippen molar-refractivity contribution in [2.75, 3.05) is 13.8 Å². The second-order valence-electron chi connectivity index (χ2n) is 8.17. The van der Waals surface area contributed by atoms with Gasteiger partial charge < -0.3 is 14.8 Å². The molecule has 31 heavy (non-hydrogen) atoms. The first-order valence-electron chi connectivity index (χ1n) is 10.7. The third-order valence-electron chi connectivity index (χ3n) is 5.93. The van der Waals surface area contributed by atoms with Gasteiger partial charge >= 0.3 is 0 Å². The number of nitrogens with one attached hydrogen (secondary N) is 1. The number of hydrogen-bond donors (Lipinski definition) is 1. The molecule has 2 aromatic rings. The van der Waals surface area contributed by atoms with E-state index in [1.165, 1.54) is 12.5 Å². The third kappa shape index (κ3) is 4.80. The Morgan fingerprint density at radius 2 is 1.84 bits per heavy atom. The molecule has 2 aliphatic rings. The average molecular weight is 425 g/mol. The molecule has 1 aliphatic heterocycles. The Kier molecular flexibility index (Phi) is 6.36. The molecular weight excluding hydrogens is 398 g/mol. The Hall–Kier alpha value is -3.13. The van der Waals surface area contributed by atoms with Crippen LogP contribution in [0.5, 0.6) is 11.5 Å². The van der Waals surface area contributed by atoms with Gasteiger partial charge in [-0.2, -0.15) is 0 Å². The Morgan fingerprint density at radius 1 is 1.16 bits per heavy atom. The number of fused-ring (bicyclic) bond motifs is 1. The molecule has 1 N–H and O–H groups in total. The smallest absolute Gasteiger partial charge is 0.278 e. The Balaban J connectivity index is 1.69. The highest BCUT2D eigenvalue weighted by Gasteiger charge is 2.35. The van der Waals surface area contributed by atoms with Gasteiger partial charge in [-0.05, 0) is 31.5 Å². The highest BCUT2D eigenvalue weighted by molar-refractivity contribution is 5.85. The summed E-state index contributed by atoms with van der Waals surface area (Å²) >= 11 is 0. The highest BCUT2D eigenvalue weighted by Crippen LogP contribution is 2.41. The molecule has 1 amide bonds. The van der Waals surface area contributed by atoms with Crippen molar-refractivity contribution in [1.82, 2.24) is 10.2 Å². The van der Waals surface area contributed by atoms with Crippen molar-refractivity contribution >= 4 is 11.6 Å². The molecule has 0 bridgehead atoms. The number of likely N-dealkylation sites (N-methyl/N-ethyl adjacent to an activating group) is 1. The zero-order valence-electron chi connectivity index (χ0n) is 17.6. The molecule has 0 radical (unpaired) electrons. The molecule has 8 nitrogen and oxygen atoms in total. The van der Waals surface area contributed by atoms with Gasteiger partial charge in [0.25, 0.3) is 5.69 Å². The molecule has 8 heteroatoms. The topological polar surface area (TPSA) is 93.9 Å². The quantitative estimate of drug-likeness (QED) is 0.533. The third-order valence-corrected chi connectivity index (χ3v) is 5.93. The van der Waals surface area contributed by atoms with E-state index in [4.69, 9.17) is 9.47 Å². The molecule has 0 spiro atoms. The monoisotopic (exact) mass is 425 g/mol. The fourth-order valence-electron chi connectivity index (χ4n) is 4.39. The van der Waals surface area contributed by atoms with E-state index in [0.717, 1.165) is 31.2 Å². The van der Waals surface area contributed by atoms with Crippen molar-refractivity contribution in [3.8, 4) is 11.5 Å². The van der Waals surface area contributed by atoms with Crippen LogP contribution in [0, 0.1) is 10.1 Å². The van der Waals surface area contributed by atoms with Crippen LogP contribution < -0.4 is 14.8 Å². The summed E-state index contributed by atoms with van der Waals surface area (Å²) in [7, 11) is 1.81. The number of nitro groups is 1. The first kappa shape index (κ1) is 21.1. The van der Waals surface area contributed by atoms with E-state index in [9.17, 15) is 14.9 Å². The molecule has 164 valence electrons. The summed E-state index contributed by atoms with van der Waals surface area (Å²) in [6.07, 6.45) is 5.21. The molecule has 0 saturated heterocycles. The van der Waals surface area contributed by atoms with Crippen molar-refractivity contribution in [2.45, 2.75) is 50.7 Å². The number of nitro benzene ring substituents is 1. The van der Waals surface area contributed by atoms with Crippen LogP contribution in [0.2, 0.25) is 0 Å². The molecule has 1 aliphatic carbocycles. The molecule has 0 aromatic heterocycles. The normalized spacial score (nSPS) is 16.8. The maximum absolute atomic E-state index is 13.5. The van der Waals surface area contributed by atoms with Gasteiger partial charge in [-0.1, -0.05) is 49.6 Å². The summed E-state index contributed by atoms with van der Waals surface area (Å²) in [5, 5.41) is 15.0. The van der Waals surface area contributed by atoms with Crippen molar-refractivity contribution in [3.63, 3.8) is 0 Å². The molecule has 0 unspecified atom stereocenters. The van der Waals surface area contributed by atoms with Crippen molar-refractivity contribution in [2.24, 2.45) is 0 Å². The molecule has 1 heterocycles. The predicted molar refractivity (Wildman–Crippen MR) is 115 cm³/mol. The SMILES string of the molecule is CN(Cc1ccccc1)[C@H](C(=O)NC1CCCCC1)c1cc2c(cc1[N+](=O)[O-])OCO2.